The molecule has 1 N–H and O–H groups in total. The fraction of sp³-hybridized carbons (Fsp3) is 0. The van der Waals surface area contributed by atoms with Crippen LogP contribution in [0.15, 0.2) is 38.5 Å². The zero-order valence-corrected chi connectivity index (χ0v) is 11.5. The molecule has 0 bridgehead atoms. The van der Waals surface area contributed by atoms with Gasteiger partial charge in [0.25, 0.3) is 0 Å². The Labute approximate surface area is 114 Å². The van der Waals surface area contributed by atoms with E-state index in [1.165, 1.54) is 17.6 Å². The van der Waals surface area contributed by atoms with Crippen LogP contribution in [-0.4, -0.2) is 12.1 Å². The Morgan fingerprint density at radius 3 is 2.88 bits per heavy atom. The van der Waals surface area contributed by atoms with Gasteiger partial charge in [-0.05, 0) is 40.2 Å². The van der Waals surface area contributed by atoms with E-state index in [-0.39, 0.29) is 5.76 Å². The number of amides is 1. The molecule has 0 unspecified atom stereocenters. The predicted octanol–water partition coefficient (Wildman–Crippen LogP) is 3.52. The summed E-state index contributed by atoms with van der Waals surface area (Å²) in [5, 5.41) is 3.79. The first kappa shape index (κ1) is 12.3. The lowest BCUT2D eigenvalue weighted by Gasteiger charge is -1.93. The van der Waals surface area contributed by atoms with Gasteiger partial charge in [0, 0.05) is 4.88 Å². The Morgan fingerprint density at radius 2 is 2.29 bits per heavy atom. The predicted molar refractivity (Wildman–Crippen MR) is 70.8 cm³/mol. The molecule has 2 heterocycles. The molecule has 0 aromatic carbocycles. The van der Waals surface area contributed by atoms with Gasteiger partial charge in [-0.25, -0.2) is 5.43 Å². The van der Waals surface area contributed by atoms with E-state index in [0.29, 0.717) is 9.01 Å². The van der Waals surface area contributed by atoms with Crippen LogP contribution in [0.2, 0.25) is 4.34 Å². The number of nitrogens with one attached hydrogen (secondary N) is 1. The zero-order chi connectivity index (χ0) is 12.3. The van der Waals surface area contributed by atoms with Crippen LogP contribution in [0.1, 0.15) is 15.4 Å². The van der Waals surface area contributed by atoms with Gasteiger partial charge < -0.3 is 4.42 Å². The Morgan fingerprint density at radius 1 is 1.47 bits per heavy atom. The molecule has 0 atom stereocenters. The van der Waals surface area contributed by atoms with Crippen LogP contribution in [0.4, 0.5) is 0 Å². The lowest BCUT2D eigenvalue weighted by molar-refractivity contribution is 0.0926. The first-order valence-electron chi connectivity index (χ1n) is 4.49. The molecular formula is C10H6BrClN2O2S. The number of hydrogen-bond donors (Lipinski definition) is 1. The first-order valence-corrected chi connectivity index (χ1v) is 6.48. The fourth-order valence-corrected chi connectivity index (χ4v) is 2.28. The number of nitrogens with zero attached hydrogens (tertiary/aromatic N) is 1. The summed E-state index contributed by atoms with van der Waals surface area (Å²) in [6.45, 7) is 0. The third-order valence-corrected chi connectivity index (χ3v) is 3.34. The van der Waals surface area contributed by atoms with Crippen LogP contribution in [0, 0.1) is 0 Å². The maximum Gasteiger partial charge on any atom is 0.307 e. The van der Waals surface area contributed by atoms with Crippen LogP contribution in [-0.2, 0) is 0 Å². The number of furan rings is 1. The molecule has 0 saturated heterocycles. The molecule has 1 amide bonds. The van der Waals surface area contributed by atoms with Crippen molar-refractivity contribution in [2.24, 2.45) is 5.10 Å². The fourth-order valence-electron chi connectivity index (χ4n) is 1.04. The number of thiophene rings is 1. The Balaban J connectivity index is 1.94. The second-order valence-electron chi connectivity index (χ2n) is 2.94. The van der Waals surface area contributed by atoms with Gasteiger partial charge in [0.2, 0.25) is 0 Å². The van der Waals surface area contributed by atoms with Crippen molar-refractivity contribution >= 4 is 51.0 Å². The molecular weight excluding hydrogens is 328 g/mol. The number of rotatable bonds is 3. The first-order chi connectivity index (χ1) is 8.15. The number of carbonyl (C=O) groups excluding carboxylic acids is 1. The van der Waals surface area contributed by atoms with Crippen molar-refractivity contribution in [2.45, 2.75) is 0 Å². The molecule has 2 aromatic rings. The van der Waals surface area contributed by atoms with Crippen molar-refractivity contribution in [1.82, 2.24) is 5.43 Å². The van der Waals surface area contributed by atoms with Gasteiger partial charge in [-0.1, -0.05) is 11.6 Å². The van der Waals surface area contributed by atoms with Crippen LogP contribution >= 0.6 is 38.9 Å². The highest BCUT2D eigenvalue weighted by atomic mass is 79.9. The van der Waals surface area contributed by atoms with Crippen LogP contribution < -0.4 is 5.43 Å². The highest BCUT2D eigenvalue weighted by molar-refractivity contribution is 9.10. The summed E-state index contributed by atoms with van der Waals surface area (Å²) in [5.74, 6) is -0.215. The molecule has 2 rings (SSSR count). The normalized spacial score (nSPS) is 10.9. The lowest BCUT2D eigenvalue weighted by Crippen LogP contribution is -2.16. The van der Waals surface area contributed by atoms with Crippen LogP contribution in [0.3, 0.4) is 0 Å². The van der Waals surface area contributed by atoms with Gasteiger partial charge in [0.15, 0.2) is 10.4 Å². The van der Waals surface area contributed by atoms with Crippen molar-refractivity contribution in [1.29, 1.82) is 0 Å². The topological polar surface area (TPSA) is 54.6 Å². The molecule has 2 aromatic heterocycles. The third kappa shape index (κ3) is 3.42. The number of hydrogen-bond acceptors (Lipinski definition) is 4. The van der Waals surface area contributed by atoms with Gasteiger partial charge in [0.1, 0.15) is 0 Å². The van der Waals surface area contributed by atoms with Crippen molar-refractivity contribution < 1.29 is 9.21 Å². The average molecular weight is 334 g/mol. The van der Waals surface area contributed by atoms with E-state index in [1.807, 2.05) is 6.07 Å². The molecule has 7 heteroatoms. The zero-order valence-electron chi connectivity index (χ0n) is 8.31. The van der Waals surface area contributed by atoms with E-state index < -0.39 is 5.91 Å². The molecule has 0 aliphatic carbocycles. The summed E-state index contributed by atoms with van der Waals surface area (Å²) in [5.41, 5.74) is 2.35. The second-order valence-corrected chi connectivity index (χ2v) is 5.47. The summed E-state index contributed by atoms with van der Waals surface area (Å²) in [6, 6.07) is 6.76. The monoisotopic (exact) mass is 332 g/mol. The molecule has 0 radical (unpaired) electrons. The maximum absolute atomic E-state index is 11.5. The van der Waals surface area contributed by atoms with Gasteiger partial charge in [-0.15, -0.1) is 11.3 Å². The van der Waals surface area contributed by atoms with Crippen molar-refractivity contribution in [3.63, 3.8) is 0 Å². The minimum Gasteiger partial charge on any atom is -0.444 e. The lowest BCUT2D eigenvalue weighted by atomic mass is 10.4. The summed E-state index contributed by atoms with van der Waals surface area (Å²) >= 11 is 10.2. The van der Waals surface area contributed by atoms with E-state index in [1.54, 1.807) is 18.2 Å². The number of hydrazone groups is 1. The Hall–Kier alpha value is -1.11. The smallest absolute Gasteiger partial charge is 0.307 e. The molecule has 0 spiro atoms. The van der Waals surface area contributed by atoms with E-state index in [2.05, 4.69) is 26.5 Å². The number of halogens is 2. The summed E-state index contributed by atoms with van der Waals surface area (Å²) in [7, 11) is 0. The van der Waals surface area contributed by atoms with Crippen molar-refractivity contribution in [2.75, 3.05) is 0 Å². The minimum atomic E-state index is -0.408. The highest BCUT2D eigenvalue weighted by Crippen LogP contribution is 2.19. The largest absolute Gasteiger partial charge is 0.444 e. The summed E-state index contributed by atoms with van der Waals surface area (Å²) in [4.78, 5) is 12.3. The minimum absolute atomic E-state index is 0.193. The Kier molecular flexibility index (Phi) is 3.98. The molecule has 88 valence electrons. The molecule has 4 nitrogen and oxygen atoms in total. The SMILES string of the molecule is O=C(N/N=C/c1ccc(Cl)s1)c1ccc(Br)o1. The van der Waals surface area contributed by atoms with Crippen molar-refractivity contribution in [3.05, 3.63) is 43.9 Å². The van der Waals surface area contributed by atoms with Gasteiger partial charge >= 0.3 is 5.91 Å². The van der Waals surface area contributed by atoms with Gasteiger partial charge in [-0.3, -0.25) is 4.79 Å². The summed E-state index contributed by atoms with van der Waals surface area (Å²) < 4.78 is 6.24. The second kappa shape index (κ2) is 5.48. The average Bonchev–Trinajstić information content (AvgIpc) is 2.88. The van der Waals surface area contributed by atoms with E-state index >= 15 is 0 Å². The molecule has 0 aliphatic heterocycles. The van der Waals surface area contributed by atoms with E-state index in [9.17, 15) is 4.79 Å². The maximum atomic E-state index is 11.5. The van der Waals surface area contributed by atoms with E-state index in [0.717, 1.165) is 4.88 Å². The van der Waals surface area contributed by atoms with E-state index in [4.69, 9.17) is 16.0 Å². The molecule has 17 heavy (non-hydrogen) atoms. The van der Waals surface area contributed by atoms with Crippen molar-refractivity contribution in [3.8, 4) is 0 Å². The molecule has 0 saturated carbocycles. The number of carbonyl (C=O) groups is 1. The third-order valence-electron chi connectivity index (χ3n) is 1.75. The van der Waals surface area contributed by atoms with Crippen LogP contribution in [0.5, 0.6) is 0 Å². The highest BCUT2D eigenvalue weighted by Gasteiger charge is 2.08. The van der Waals surface area contributed by atoms with Gasteiger partial charge in [-0.2, -0.15) is 5.10 Å². The summed E-state index contributed by atoms with van der Waals surface area (Å²) in [6.07, 6.45) is 1.52. The molecule has 0 aliphatic rings. The quantitative estimate of drug-likeness (QED) is 0.690. The molecule has 0 fully saturated rings. The Bertz CT molecular complexity index is 564. The standard InChI is InChI=1S/C10H6BrClN2O2S/c11-8-3-2-7(16-8)10(15)14-13-5-6-1-4-9(12)17-6/h1-5H,(H,14,15)/b13-5+. The van der Waals surface area contributed by atoms with Crippen LogP contribution in [0.25, 0.3) is 0 Å². The van der Waals surface area contributed by atoms with Gasteiger partial charge in [0.05, 0.1) is 10.6 Å².